The van der Waals surface area contributed by atoms with Crippen molar-refractivity contribution in [2.45, 2.75) is 44.7 Å². The minimum absolute atomic E-state index is 0.471. The van der Waals surface area contributed by atoms with Gasteiger partial charge in [0.15, 0.2) is 0 Å². The van der Waals surface area contributed by atoms with E-state index in [1.165, 1.54) is 42.3 Å². The Balaban J connectivity index is 1.93. The van der Waals surface area contributed by atoms with Crippen LogP contribution in [0.1, 0.15) is 44.2 Å². The van der Waals surface area contributed by atoms with Gasteiger partial charge in [-0.1, -0.05) is 35.0 Å². The van der Waals surface area contributed by atoms with Gasteiger partial charge < -0.3 is 10.2 Å². The van der Waals surface area contributed by atoms with Crippen LogP contribution >= 0.6 is 15.9 Å². The van der Waals surface area contributed by atoms with Gasteiger partial charge in [0.1, 0.15) is 0 Å². The van der Waals surface area contributed by atoms with Gasteiger partial charge >= 0.3 is 0 Å². The predicted molar refractivity (Wildman–Crippen MR) is 85.4 cm³/mol. The van der Waals surface area contributed by atoms with Gasteiger partial charge in [-0.2, -0.15) is 0 Å². The van der Waals surface area contributed by atoms with E-state index in [9.17, 15) is 0 Å². The van der Waals surface area contributed by atoms with Gasteiger partial charge in [-0.25, -0.2) is 0 Å². The lowest BCUT2D eigenvalue weighted by Crippen LogP contribution is -2.29. The van der Waals surface area contributed by atoms with E-state index in [0.717, 1.165) is 12.6 Å². The quantitative estimate of drug-likeness (QED) is 0.778. The van der Waals surface area contributed by atoms with Crippen molar-refractivity contribution in [3.05, 3.63) is 34.3 Å². The number of rotatable bonds is 8. The van der Waals surface area contributed by atoms with Gasteiger partial charge in [0.25, 0.3) is 0 Å². The minimum Gasteiger partial charge on any atom is -0.310 e. The molecule has 1 saturated carbocycles. The van der Waals surface area contributed by atoms with E-state index in [1.54, 1.807) is 0 Å². The molecule has 2 rings (SSSR count). The molecule has 0 amide bonds. The molecule has 1 N–H and O–H groups in total. The summed E-state index contributed by atoms with van der Waals surface area (Å²) in [5.74, 6) is 0. The van der Waals surface area contributed by atoms with Crippen LogP contribution < -0.4 is 5.32 Å². The molecule has 1 atom stereocenters. The third-order valence-corrected chi connectivity index (χ3v) is 4.33. The molecule has 0 radical (unpaired) electrons. The molecule has 0 spiro atoms. The van der Waals surface area contributed by atoms with Crippen molar-refractivity contribution in [2.75, 3.05) is 20.1 Å². The average molecular weight is 325 g/mol. The van der Waals surface area contributed by atoms with E-state index in [1.807, 2.05) is 0 Å². The van der Waals surface area contributed by atoms with Gasteiger partial charge in [0.2, 0.25) is 0 Å². The van der Waals surface area contributed by atoms with Crippen LogP contribution in [0.25, 0.3) is 0 Å². The third kappa shape index (κ3) is 4.90. The fourth-order valence-electron chi connectivity index (χ4n) is 2.46. The van der Waals surface area contributed by atoms with Crippen LogP contribution in [0.3, 0.4) is 0 Å². The topological polar surface area (TPSA) is 15.3 Å². The second-order valence-corrected chi connectivity index (χ2v) is 6.48. The van der Waals surface area contributed by atoms with E-state index >= 15 is 0 Å². The van der Waals surface area contributed by atoms with Crippen molar-refractivity contribution in [1.82, 2.24) is 10.2 Å². The summed E-state index contributed by atoms with van der Waals surface area (Å²) < 4.78 is 1.17. The van der Waals surface area contributed by atoms with E-state index in [-0.39, 0.29) is 0 Å². The van der Waals surface area contributed by atoms with E-state index in [4.69, 9.17) is 0 Å². The molecule has 0 aromatic heterocycles. The molecule has 3 heteroatoms. The van der Waals surface area contributed by atoms with Crippen LogP contribution in [0.5, 0.6) is 0 Å². The summed E-state index contributed by atoms with van der Waals surface area (Å²) >= 11 is 3.57. The van der Waals surface area contributed by atoms with Crippen LogP contribution in [0.4, 0.5) is 0 Å². The van der Waals surface area contributed by atoms with Crippen molar-refractivity contribution in [3.8, 4) is 0 Å². The molecule has 0 saturated heterocycles. The van der Waals surface area contributed by atoms with Crippen LogP contribution in [-0.4, -0.2) is 31.1 Å². The van der Waals surface area contributed by atoms with Crippen LogP contribution in [0.15, 0.2) is 28.7 Å². The molecular weight excluding hydrogens is 300 g/mol. The Morgan fingerprint density at radius 3 is 2.84 bits per heavy atom. The SMILES string of the molecule is CCCNC(CCN(C)C1CC1)c1cccc(Br)c1. The summed E-state index contributed by atoms with van der Waals surface area (Å²) in [7, 11) is 2.26. The maximum atomic E-state index is 3.68. The van der Waals surface area contributed by atoms with Gasteiger partial charge in [-0.15, -0.1) is 0 Å². The molecule has 106 valence electrons. The number of hydrogen-bond acceptors (Lipinski definition) is 2. The highest BCUT2D eigenvalue weighted by Gasteiger charge is 2.26. The molecular formula is C16H25BrN2. The smallest absolute Gasteiger partial charge is 0.0332 e. The highest BCUT2D eigenvalue weighted by molar-refractivity contribution is 9.10. The van der Waals surface area contributed by atoms with Crippen molar-refractivity contribution in [2.24, 2.45) is 0 Å². The molecule has 1 aliphatic carbocycles. The zero-order chi connectivity index (χ0) is 13.7. The average Bonchev–Trinajstić information content (AvgIpc) is 3.23. The van der Waals surface area contributed by atoms with E-state index < -0.39 is 0 Å². The zero-order valence-electron chi connectivity index (χ0n) is 12.0. The first-order chi connectivity index (χ1) is 9.20. The standard InChI is InChI=1S/C16H25BrN2/c1-3-10-18-16(9-11-19(2)15-7-8-15)13-5-4-6-14(17)12-13/h4-6,12,15-16,18H,3,7-11H2,1-2H3. The fraction of sp³-hybridized carbons (Fsp3) is 0.625. The number of nitrogens with one attached hydrogen (secondary N) is 1. The minimum atomic E-state index is 0.471. The van der Waals surface area contributed by atoms with Crippen LogP contribution in [-0.2, 0) is 0 Å². The Hall–Kier alpha value is -0.380. The summed E-state index contributed by atoms with van der Waals surface area (Å²) in [6, 6.07) is 10.0. The van der Waals surface area contributed by atoms with E-state index in [0.29, 0.717) is 6.04 Å². The summed E-state index contributed by atoms with van der Waals surface area (Å²) in [6.07, 6.45) is 5.15. The lowest BCUT2D eigenvalue weighted by Gasteiger charge is -2.23. The molecule has 0 heterocycles. The summed E-state index contributed by atoms with van der Waals surface area (Å²) in [5, 5.41) is 3.68. The molecule has 1 aliphatic rings. The first kappa shape index (κ1) is 15.0. The monoisotopic (exact) mass is 324 g/mol. The zero-order valence-corrected chi connectivity index (χ0v) is 13.6. The molecule has 1 unspecified atom stereocenters. The van der Waals surface area contributed by atoms with Crippen LogP contribution in [0.2, 0.25) is 0 Å². The number of nitrogens with zero attached hydrogens (tertiary/aromatic N) is 1. The number of hydrogen-bond donors (Lipinski definition) is 1. The summed E-state index contributed by atoms with van der Waals surface area (Å²) in [6.45, 7) is 4.49. The normalized spacial score (nSPS) is 16.8. The first-order valence-electron chi connectivity index (χ1n) is 7.39. The van der Waals surface area contributed by atoms with Crippen molar-refractivity contribution in [3.63, 3.8) is 0 Å². The third-order valence-electron chi connectivity index (χ3n) is 3.83. The molecule has 0 aliphatic heterocycles. The van der Waals surface area contributed by atoms with Gasteiger partial charge in [-0.3, -0.25) is 0 Å². The highest BCUT2D eigenvalue weighted by atomic mass is 79.9. The Morgan fingerprint density at radius 2 is 2.21 bits per heavy atom. The van der Waals surface area contributed by atoms with Crippen LogP contribution in [0, 0.1) is 0 Å². The molecule has 19 heavy (non-hydrogen) atoms. The second kappa shape index (κ2) is 7.41. The Labute approximate surface area is 125 Å². The largest absolute Gasteiger partial charge is 0.310 e. The molecule has 0 bridgehead atoms. The highest BCUT2D eigenvalue weighted by Crippen LogP contribution is 2.27. The van der Waals surface area contributed by atoms with Gasteiger partial charge in [0, 0.05) is 16.6 Å². The van der Waals surface area contributed by atoms with Crippen molar-refractivity contribution in [1.29, 1.82) is 0 Å². The predicted octanol–water partition coefficient (Wildman–Crippen LogP) is 3.97. The second-order valence-electron chi connectivity index (χ2n) is 5.56. The Morgan fingerprint density at radius 1 is 1.42 bits per heavy atom. The Bertz CT molecular complexity index is 390. The Kier molecular flexibility index (Phi) is 5.86. The lowest BCUT2D eigenvalue weighted by atomic mass is 10.0. The molecule has 1 aromatic carbocycles. The van der Waals surface area contributed by atoms with Crippen molar-refractivity contribution >= 4 is 15.9 Å². The molecule has 1 aromatic rings. The maximum absolute atomic E-state index is 3.68. The lowest BCUT2D eigenvalue weighted by molar-refractivity contribution is 0.298. The van der Waals surface area contributed by atoms with Crippen molar-refractivity contribution < 1.29 is 0 Å². The molecule has 2 nitrogen and oxygen atoms in total. The summed E-state index contributed by atoms with van der Waals surface area (Å²) in [4.78, 5) is 2.51. The van der Waals surface area contributed by atoms with Gasteiger partial charge in [-0.05, 0) is 63.5 Å². The maximum Gasteiger partial charge on any atom is 0.0332 e. The summed E-state index contributed by atoms with van der Waals surface area (Å²) in [5.41, 5.74) is 1.40. The molecule has 1 fully saturated rings. The van der Waals surface area contributed by atoms with E-state index in [2.05, 4.69) is 64.4 Å². The number of halogens is 1. The van der Waals surface area contributed by atoms with Gasteiger partial charge in [0.05, 0.1) is 0 Å². The first-order valence-corrected chi connectivity index (χ1v) is 8.19. The fourth-order valence-corrected chi connectivity index (χ4v) is 2.88. The number of benzene rings is 1.